The lowest BCUT2D eigenvalue weighted by Crippen LogP contribution is -1.85. The molecule has 0 saturated carbocycles. The second kappa shape index (κ2) is 8.65. The van der Waals surface area contributed by atoms with Crippen molar-refractivity contribution >= 4 is 0 Å². The molecule has 3 aromatic rings. The first-order chi connectivity index (χ1) is 13.2. The van der Waals surface area contributed by atoms with Crippen LogP contribution in [0.15, 0.2) is 79.4 Å². The average molecular weight is 351 g/mol. The summed E-state index contributed by atoms with van der Waals surface area (Å²) in [6.45, 7) is 3.75. The van der Waals surface area contributed by atoms with Crippen molar-refractivity contribution in [2.24, 2.45) is 0 Å². The van der Waals surface area contributed by atoms with Gasteiger partial charge in [-0.25, -0.2) is 4.39 Å². The van der Waals surface area contributed by atoms with Crippen LogP contribution < -0.4 is 0 Å². The van der Waals surface area contributed by atoms with Gasteiger partial charge >= 0.3 is 0 Å². The Kier molecular flexibility index (Phi) is 5.83. The number of nitrogens with zero attached hydrogens (tertiary/aromatic N) is 1. The van der Waals surface area contributed by atoms with Crippen LogP contribution in [0, 0.1) is 29.0 Å². The topological polar surface area (TPSA) is 23.8 Å². The van der Waals surface area contributed by atoms with Crippen LogP contribution in [-0.2, 0) is 6.42 Å². The second-order valence-electron chi connectivity index (χ2n) is 6.16. The Morgan fingerprint density at radius 3 is 2.04 bits per heavy atom. The second-order valence-corrected chi connectivity index (χ2v) is 6.16. The normalized spacial score (nSPS) is 9.78. The number of benzene rings is 3. The molecule has 1 nitrogen and oxygen atoms in total. The van der Waals surface area contributed by atoms with E-state index in [1.165, 1.54) is 17.7 Å². The number of allylic oxidation sites excluding steroid dienone is 1. The lowest BCUT2D eigenvalue weighted by atomic mass is 10.0. The summed E-state index contributed by atoms with van der Waals surface area (Å²) in [6.07, 6.45) is 3.92. The standard InChI is InChI=1S/C25H18FN/c1-2-3-4-19-7-12-22(13-8-19)23-14-9-20(10-15-23)5-6-21-11-16-24(18-27)25(26)17-21/h2,7-17H,1,3-4H2. The van der Waals surface area contributed by atoms with E-state index in [1.807, 2.05) is 30.3 Å². The van der Waals surface area contributed by atoms with Crippen molar-refractivity contribution in [1.82, 2.24) is 0 Å². The predicted molar refractivity (Wildman–Crippen MR) is 107 cm³/mol. The van der Waals surface area contributed by atoms with Gasteiger partial charge in [0.1, 0.15) is 11.9 Å². The summed E-state index contributed by atoms with van der Waals surface area (Å²) in [6, 6.07) is 22.7. The van der Waals surface area contributed by atoms with E-state index >= 15 is 0 Å². The van der Waals surface area contributed by atoms with Crippen molar-refractivity contribution in [2.45, 2.75) is 12.8 Å². The molecule has 130 valence electrons. The number of halogens is 1. The third-order valence-corrected chi connectivity index (χ3v) is 4.25. The van der Waals surface area contributed by atoms with Gasteiger partial charge in [-0.1, -0.05) is 54.3 Å². The lowest BCUT2D eigenvalue weighted by molar-refractivity contribution is 0.623. The largest absolute Gasteiger partial charge is 0.206 e. The van der Waals surface area contributed by atoms with E-state index in [1.54, 1.807) is 12.1 Å². The number of rotatable bonds is 4. The molecular weight excluding hydrogens is 333 g/mol. The zero-order valence-corrected chi connectivity index (χ0v) is 14.9. The van der Waals surface area contributed by atoms with Crippen LogP contribution in [0.1, 0.15) is 28.7 Å². The minimum absolute atomic E-state index is 0.0282. The Morgan fingerprint density at radius 1 is 0.852 bits per heavy atom. The minimum Gasteiger partial charge on any atom is -0.206 e. The summed E-state index contributed by atoms with van der Waals surface area (Å²) in [5.74, 6) is 5.41. The molecule has 0 aliphatic heterocycles. The predicted octanol–water partition coefficient (Wildman–Crippen LogP) is 5.88. The first kappa shape index (κ1) is 18.2. The molecule has 0 atom stereocenters. The van der Waals surface area contributed by atoms with Gasteiger partial charge in [0, 0.05) is 11.1 Å². The number of hydrogen-bond donors (Lipinski definition) is 0. The Morgan fingerprint density at radius 2 is 1.44 bits per heavy atom. The maximum atomic E-state index is 13.6. The van der Waals surface area contributed by atoms with Crippen LogP contribution in [0.2, 0.25) is 0 Å². The maximum absolute atomic E-state index is 13.6. The van der Waals surface area contributed by atoms with E-state index in [2.05, 4.69) is 42.7 Å². The van der Waals surface area contributed by atoms with E-state index in [9.17, 15) is 4.39 Å². The van der Waals surface area contributed by atoms with Crippen LogP contribution in [0.4, 0.5) is 4.39 Å². The van der Waals surface area contributed by atoms with Crippen LogP contribution >= 0.6 is 0 Å². The Hall–Kier alpha value is -3.62. The van der Waals surface area contributed by atoms with E-state index in [4.69, 9.17) is 5.26 Å². The molecule has 0 saturated heterocycles. The highest BCUT2D eigenvalue weighted by atomic mass is 19.1. The van der Waals surface area contributed by atoms with Crippen LogP contribution in [0.25, 0.3) is 11.1 Å². The molecule has 0 unspecified atom stereocenters. The smallest absolute Gasteiger partial charge is 0.142 e. The molecule has 0 fully saturated rings. The molecular formula is C25H18FN. The average Bonchev–Trinajstić information content (AvgIpc) is 2.71. The molecule has 0 aromatic heterocycles. The molecule has 2 heteroatoms. The lowest BCUT2D eigenvalue weighted by Gasteiger charge is -2.04. The third-order valence-electron chi connectivity index (χ3n) is 4.25. The summed E-state index contributed by atoms with van der Waals surface area (Å²) in [7, 11) is 0. The van der Waals surface area contributed by atoms with Gasteiger partial charge in [-0.2, -0.15) is 5.26 Å². The van der Waals surface area contributed by atoms with Gasteiger partial charge in [0.25, 0.3) is 0 Å². The van der Waals surface area contributed by atoms with Crippen molar-refractivity contribution in [2.75, 3.05) is 0 Å². The molecule has 0 radical (unpaired) electrons. The van der Waals surface area contributed by atoms with Gasteiger partial charge < -0.3 is 0 Å². The summed E-state index contributed by atoms with van der Waals surface area (Å²) < 4.78 is 13.6. The van der Waals surface area contributed by atoms with Crippen LogP contribution in [-0.4, -0.2) is 0 Å². The number of aryl methyl sites for hydroxylation is 1. The third kappa shape index (κ3) is 4.72. The van der Waals surface area contributed by atoms with E-state index in [-0.39, 0.29) is 5.56 Å². The van der Waals surface area contributed by atoms with Crippen molar-refractivity contribution in [3.63, 3.8) is 0 Å². The van der Waals surface area contributed by atoms with Gasteiger partial charge in [0.2, 0.25) is 0 Å². The number of hydrogen-bond acceptors (Lipinski definition) is 1. The maximum Gasteiger partial charge on any atom is 0.142 e. The summed E-state index contributed by atoms with van der Waals surface area (Å²) in [5.41, 5.74) is 5.01. The highest BCUT2D eigenvalue weighted by Crippen LogP contribution is 2.21. The van der Waals surface area contributed by atoms with Gasteiger partial charge in [0.05, 0.1) is 5.56 Å². The molecule has 0 amide bonds. The van der Waals surface area contributed by atoms with Crippen molar-refractivity contribution in [1.29, 1.82) is 5.26 Å². The highest BCUT2D eigenvalue weighted by molar-refractivity contribution is 5.64. The Balaban J connectivity index is 1.73. The van der Waals surface area contributed by atoms with E-state index in [0.717, 1.165) is 29.5 Å². The minimum atomic E-state index is -0.545. The first-order valence-electron chi connectivity index (χ1n) is 8.71. The number of nitriles is 1. The molecule has 0 bridgehead atoms. The molecule has 27 heavy (non-hydrogen) atoms. The fourth-order valence-electron chi connectivity index (χ4n) is 2.71. The van der Waals surface area contributed by atoms with Gasteiger partial charge in [-0.3, -0.25) is 0 Å². The van der Waals surface area contributed by atoms with Gasteiger partial charge in [-0.05, 0) is 59.9 Å². The highest BCUT2D eigenvalue weighted by Gasteiger charge is 2.01. The molecule has 0 aliphatic carbocycles. The van der Waals surface area contributed by atoms with Crippen molar-refractivity contribution in [3.05, 3.63) is 107 Å². The fourth-order valence-corrected chi connectivity index (χ4v) is 2.71. The first-order valence-corrected chi connectivity index (χ1v) is 8.71. The van der Waals surface area contributed by atoms with Crippen molar-refractivity contribution < 1.29 is 4.39 Å². The molecule has 0 aliphatic rings. The molecule has 0 spiro atoms. The summed E-state index contributed by atoms with van der Waals surface area (Å²) >= 11 is 0. The van der Waals surface area contributed by atoms with Gasteiger partial charge in [0.15, 0.2) is 0 Å². The van der Waals surface area contributed by atoms with Crippen LogP contribution in [0.5, 0.6) is 0 Å². The molecule has 0 heterocycles. The van der Waals surface area contributed by atoms with E-state index < -0.39 is 5.82 Å². The zero-order chi connectivity index (χ0) is 19.1. The Labute approximate surface area is 159 Å². The van der Waals surface area contributed by atoms with Crippen LogP contribution in [0.3, 0.4) is 0 Å². The van der Waals surface area contributed by atoms with Crippen molar-refractivity contribution in [3.8, 4) is 29.0 Å². The quantitative estimate of drug-likeness (QED) is 0.425. The van der Waals surface area contributed by atoms with E-state index in [0.29, 0.717) is 5.56 Å². The Bertz CT molecular complexity index is 1040. The van der Waals surface area contributed by atoms with Gasteiger partial charge in [-0.15, -0.1) is 6.58 Å². The molecule has 3 rings (SSSR count). The summed E-state index contributed by atoms with van der Waals surface area (Å²) in [4.78, 5) is 0. The monoisotopic (exact) mass is 351 g/mol. The molecule has 3 aromatic carbocycles. The molecule has 0 N–H and O–H groups in total. The zero-order valence-electron chi connectivity index (χ0n) is 14.9. The SMILES string of the molecule is C=CCCc1ccc(-c2ccc(C#Cc3ccc(C#N)c(F)c3)cc2)cc1. The summed E-state index contributed by atoms with van der Waals surface area (Å²) in [5, 5.41) is 8.76. The fraction of sp³-hybridized carbons (Fsp3) is 0.0800.